The number of thiazole rings is 1. The Labute approximate surface area is 260 Å². The van der Waals surface area contributed by atoms with Crippen LogP contribution < -0.4 is 5.32 Å². The lowest BCUT2D eigenvalue weighted by Crippen LogP contribution is -2.54. The maximum Gasteiger partial charge on any atom is 0.338 e. The van der Waals surface area contributed by atoms with Crippen molar-refractivity contribution in [3.63, 3.8) is 0 Å². The molecule has 0 saturated carbocycles. The number of halogens is 1. The van der Waals surface area contributed by atoms with Crippen molar-refractivity contribution in [3.8, 4) is 0 Å². The lowest BCUT2D eigenvalue weighted by Gasteiger charge is -2.40. The van der Waals surface area contributed by atoms with E-state index < -0.39 is 18.0 Å². The molecule has 1 unspecified atom stereocenters. The molecule has 2 N–H and O–H groups in total. The number of rotatable bonds is 9. The minimum Gasteiger partial charge on any atom is -0.481 e. The first-order chi connectivity index (χ1) is 21.2. The van der Waals surface area contributed by atoms with Crippen LogP contribution in [0.3, 0.4) is 0 Å². The molecule has 44 heavy (non-hydrogen) atoms. The number of amides is 2. The van der Waals surface area contributed by atoms with Gasteiger partial charge in [-0.3, -0.25) is 14.7 Å². The summed E-state index contributed by atoms with van der Waals surface area (Å²) >= 11 is 1.42. The number of nitrogens with zero attached hydrogens (tertiary/aromatic N) is 5. The summed E-state index contributed by atoms with van der Waals surface area (Å²) in [5, 5.41) is 14.8. The molecular weight excluding hydrogens is 587 g/mol. The van der Waals surface area contributed by atoms with Crippen LogP contribution in [0.5, 0.6) is 0 Å². The van der Waals surface area contributed by atoms with Crippen LogP contribution in [0, 0.1) is 18.7 Å². The van der Waals surface area contributed by atoms with Crippen molar-refractivity contribution in [2.75, 3.05) is 52.4 Å². The van der Waals surface area contributed by atoms with Crippen molar-refractivity contribution in [1.29, 1.82) is 0 Å². The van der Waals surface area contributed by atoms with E-state index in [0.717, 1.165) is 12.8 Å². The fourth-order valence-corrected chi connectivity index (χ4v) is 6.61. The molecule has 236 valence electrons. The number of esters is 1. The van der Waals surface area contributed by atoms with E-state index in [-0.39, 0.29) is 24.9 Å². The largest absolute Gasteiger partial charge is 0.481 e. The third kappa shape index (κ3) is 7.27. The number of carbonyl (C=O) groups excluding carboxylic acids is 2. The normalized spacial score (nSPS) is 19.9. The second-order valence-corrected chi connectivity index (χ2v) is 12.2. The molecule has 13 heteroatoms. The highest BCUT2D eigenvalue weighted by molar-refractivity contribution is 7.11. The van der Waals surface area contributed by atoms with Crippen LogP contribution in [-0.4, -0.2) is 101 Å². The van der Waals surface area contributed by atoms with Crippen LogP contribution in [0.4, 0.5) is 9.18 Å². The van der Waals surface area contributed by atoms with Gasteiger partial charge in [-0.1, -0.05) is 12.1 Å². The second-order valence-electron chi connectivity index (χ2n) is 11.3. The molecule has 2 aromatic rings. The lowest BCUT2D eigenvalue weighted by molar-refractivity contribution is -0.139. The van der Waals surface area contributed by atoms with Crippen LogP contribution in [-0.2, 0) is 14.3 Å². The fourth-order valence-electron chi connectivity index (χ4n) is 6.03. The Morgan fingerprint density at radius 1 is 1.11 bits per heavy atom. The third-order valence-electron chi connectivity index (χ3n) is 8.54. The highest BCUT2D eigenvalue weighted by atomic mass is 32.1. The number of nitrogens with one attached hydrogen (secondary N) is 1. The van der Waals surface area contributed by atoms with E-state index >= 15 is 0 Å². The first kappa shape index (κ1) is 31.6. The number of likely N-dealkylation sites (tertiary alicyclic amines) is 1. The number of carbonyl (C=O) groups is 3. The number of aliphatic carboxylic acids is 1. The standard InChI is InChI=1S/C31H39FN6O5S/c1-3-43-30(41)26-24(34-28(29-33-11-18-44-29)35-27(26)22-5-4-6-23(32)20(22)2)19-36-14-16-38(17-15-36)31(42)37-12-9-21(10-13-37)7-8-25(39)40/h4-6,11,18,21,27H,3,7-10,12-17,19H2,1-2H3,(H,34,35)(H,39,40). The van der Waals surface area contributed by atoms with E-state index in [1.54, 1.807) is 32.2 Å². The van der Waals surface area contributed by atoms with Gasteiger partial charge < -0.3 is 25.0 Å². The number of ether oxygens (including phenoxy) is 1. The summed E-state index contributed by atoms with van der Waals surface area (Å²) in [6, 6.07) is 4.04. The topological polar surface area (TPSA) is 128 Å². The smallest absolute Gasteiger partial charge is 0.338 e. The highest BCUT2D eigenvalue weighted by Crippen LogP contribution is 2.35. The summed E-state index contributed by atoms with van der Waals surface area (Å²) in [6.07, 6.45) is 4.16. The monoisotopic (exact) mass is 626 g/mol. The van der Waals surface area contributed by atoms with Gasteiger partial charge in [-0.25, -0.2) is 19.0 Å². The SMILES string of the molecule is CCOC(=O)C1=C(CN2CCN(C(=O)N3CCC(CCC(=O)O)CC3)CC2)NC(c2nccs2)=NC1c1cccc(F)c1C. The molecule has 1 aromatic heterocycles. The molecule has 2 saturated heterocycles. The molecule has 0 spiro atoms. The number of aliphatic imine (C=N–C) groups is 1. The zero-order valence-electron chi connectivity index (χ0n) is 25.1. The number of hydrogen-bond donors (Lipinski definition) is 2. The van der Waals surface area contributed by atoms with Crippen molar-refractivity contribution in [3.05, 3.63) is 63.0 Å². The predicted octanol–water partition coefficient (Wildman–Crippen LogP) is 3.81. The van der Waals surface area contributed by atoms with Gasteiger partial charge in [0, 0.05) is 69.5 Å². The minimum absolute atomic E-state index is 0.0170. The summed E-state index contributed by atoms with van der Waals surface area (Å²) in [5.41, 5.74) is 1.97. The van der Waals surface area contributed by atoms with Gasteiger partial charge in [0.2, 0.25) is 0 Å². The van der Waals surface area contributed by atoms with E-state index in [1.165, 1.54) is 17.4 Å². The maximum atomic E-state index is 14.7. The molecule has 0 bridgehead atoms. The van der Waals surface area contributed by atoms with Gasteiger partial charge in [0.25, 0.3) is 0 Å². The van der Waals surface area contributed by atoms with Crippen LogP contribution in [0.15, 0.2) is 46.0 Å². The van der Waals surface area contributed by atoms with Crippen molar-refractivity contribution in [2.45, 2.75) is 45.6 Å². The maximum absolute atomic E-state index is 14.7. The molecule has 3 aliphatic rings. The lowest BCUT2D eigenvalue weighted by atomic mass is 9.92. The molecule has 2 amide bonds. The Bertz CT molecular complexity index is 1410. The number of amidine groups is 1. The molecule has 3 aliphatic heterocycles. The minimum atomic E-state index is -0.777. The quantitative estimate of drug-likeness (QED) is 0.403. The number of urea groups is 1. The highest BCUT2D eigenvalue weighted by Gasteiger charge is 2.36. The predicted molar refractivity (Wildman–Crippen MR) is 164 cm³/mol. The number of carboxylic acid groups (broad SMARTS) is 1. The Hall–Kier alpha value is -3.84. The summed E-state index contributed by atoms with van der Waals surface area (Å²) in [5.74, 6) is -0.804. The van der Waals surface area contributed by atoms with Crippen LogP contribution in [0.1, 0.15) is 54.8 Å². The van der Waals surface area contributed by atoms with Crippen molar-refractivity contribution >= 4 is 35.1 Å². The Morgan fingerprint density at radius 2 is 1.84 bits per heavy atom. The summed E-state index contributed by atoms with van der Waals surface area (Å²) in [7, 11) is 0. The molecule has 11 nitrogen and oxygen atoms in total. The zero-order valence-corrected chi connectivity index (χ0v) is 25.9. The number of piperidine rings is 1. The van der Waals surface area contributed by atoms with E-state index in [9.17, 15) is 18.8 Å². The van der Waals surface area contributed by atoms with Gasteiger partial charge in [0.05, 0.1) is 12.2 Å². The number of hydrogen-bond acceptors (Lipinski definition) is 9. The van der Waals surface area contributed by atoms with Gasteiger partial charge in [-0.2, -0.15) is 0 Å². The van der Waals surface area contributed by atoms with Crippen LogP contribution in [0.25, 0.3) is 0 Å². The molecular formula is C31H39FN6O5S. The van der Waals surface area contributed by atoms with E-state index in [1.807, 2.05) is 15.2 Å². The number of aromatic nitrogens is 1. The van der Waals surface area contributed by atoms with Gasteiger partial charge in [-0.05, 0) is 56.2 Å². The van der Waals surface area contributed by atoms with Crippen LogP contribution >= 0.6 is 11.3 Å². The van der Waals surface area contributed by atoms with Crippen molar-refractivity contribution in [1.82, 2.24) is 25.0 Å². The Balaban J connectivity index is 1.31. The second kappa shape index (κ2) is 14.3. The number of piperazine rings is 1. The average Bonchev–Trinajstić information content (AvgIpc) is 3.57. The van der Waals surface area contributed by atoms with Crippen LogP contribution in [0.2, 0.25) is 0 Å². The number of carboxylic acids is 1. The molecule has 0 aliphatic carbocycles. The Morgan fingerprint density at radius 3 is 2.50 bits per heavy atom. The summed E-state index contributed by atoms with van der Waals surface area (Å²) in [4.78, 5) is 52.8. The van der Waals surface area contributed by atoms with Gasteiger partial charge in [0.15, 0.2) is 10.8 Å². The van der Waals surface area contributed by atoms with Crippen molar-refractivity contribution in [2.24, 2.45) is 10.9 Å². The molecule has 1 atom stereocenters. The van der Waals surface area contributed by atoms with E-state index in [4.69, 9.17) is 14.8 Å². The molecule has 2 fully saturated rings. The molecule has 5 rings (SSSR count). The third-order valence-corrected chi connectivity index (χ3v) is 9.32. The fraction of sp³-hybridized carbons (Fsp3) is 0.516. The Kier molecular flexibility index (Phi) is 10.3. The summed E-state index contributed by atoms with van der Waals surface area (Å²) in [6.45, 7) is 7.58. The number of benzene rings is 1. The zero-order chi connectivity index (χ0) is 31.2. The van der Waals surface area contributed by atoms with Gasteiger partial charge in [-0.15, -0.1) is 11.3 Å². The van der Waals surface area contributed by atoms with E-state index in [0.29, 0.717) is 91.4 Å². The molecule has 1 aromatic carbocycles. The summed E-state index contributed by atoms with van der Waals surface area (Å²) < 4.78 is 20.2. The van der Waals surface area contributed by atoms with E-state index in [2.05, 4.69) is 15.2 Å². The van der Waals surface area contributed by atoms with Gasteiger partial charge >= 0.3 is 18.0 Å². The average molecular weight is 627 g/mol. The van der Waals surface area contributed by atoms with Crippen molar-refractivity contribution < 1.29 is 28.6 Å². The first-order valence-electron chi connectivity index (χ1n) is 15.1. The molecule has 4 heterocycles. The molecule has 0 radical (unpaired) electrons. The van der Waals surface area contributed by atoms with Gasteiger partial charge in [0.1, 0.15) is 11.9 Å². The first-order valence-corrected chi connectivity index (χ1v) is 16.0.